The maximum atomic E-state index is 5.82. The summed E-state index contributed by atoms with van der Waals surface area (Å²) in [6, 6.07) is 6.64. The number of imidazole rings is 1. The lowest BCUT2D eigenvalue weighted by Gasteiger charge is -2.14. The van der Waals surface area contributed by atoms with Crippen molar-refractivity contribution in [1.82, 2.24) is 9.55 Å². The van der Waals surface area contributed by atoms with Gasteiger partial charge in [-0.3, -0.25) is 0 Å². The number of aromatic amines is 1. The van der Waals surface area contributed by atoms with Gasteiger partial charge in [0.25, 0.3) is 0 Å². The normalized spacial score (nSPS) is 16.5. The molecule has 0 aliphatic heterocycles. The number of benzene rings is 1. The van der Waals surface area contributed by atoms with Crippen LogP contribution in [0.2, 0.25) is 0 Å². The summed E-state index contributed by atoms with van der Waals surface area (Å²) in [5.74, 6) is 1.81. The molecule has 1 aromatic carbocycles. The Labute approximate surface area is 125 Å². The largest absolute Gasteiger partial charge is 0.491 e. The number of ether oxygens (including phenoxy) is 1. The number of nitrogens with one attached hydrogen (secondary N) is 1. The lowest BCUT2D eigenvalue weighted by Crippen LogP contribution is -2.06. The van der Waals surface area contributed by atoms with Crippen LogP contribution in [0, 0.1) is 10.7 Å². The Kier molecular flexibility index (Phi) is 3.83. The van der Waals surface area contributed by atoms with Gasteiger partial charge in [-0.25, -0.2) is 0 Å². The number of nitrogens with zero attached hydrogens (tertiary/aromatic N) is 1. The molecule has 2 aromatic rings. The molecule has 1 aliphatic carbocycles. The number of fused-ring (bicyclic) bond motifs is 1. The van der Waals surface area contributed by atoms with Crippen molar-refractivity contribution >= 4 is 23.3 Å². The van der Waals surface area contributed by atoms with Crippen molar-refractivity contribution in [3.63, 3.8) is 0 Å². The fourth-order valence-electron chi connectivity index (χ4n) is 2.83. The molecule has 1 aromatic heterocycles. The average molecular weight is 290 g/mol. The molecular weight excluding hydrogens is 268 g/mol. The summed E-state index contributed by atoms with van der Waals surface area (Å²) in [6.45, 7) is 5.12. The third-order valence-corrected chi connectivity index (χ3v) is 4.29. The SMILES string of the molecule is CCCOc1cccc2c1[nH]c(=S)n2C(C)CC1CC1. The van der Waals surface area contributed by atoms with Crippen molar-refractivity contribution < 1.29 is 4.74 Å². The molecule has 1 N–H and O–H groups in total. The smallest absolute Gasteiger partial charge is 0.178 e. The third-order valence-electron chi connectivity index (χ3n) is 3.99. The van der Waals surface area contributed by atoms with Gasteiger partial charge in [0, 0.05) is 6.04 Å². The summed E-state index contributed by atoms with van der Waals surface area (Å²) in [4.78, 5) is 3.33. The van der Waals surface area contributed by atoms with Gasteiger partial charge in [-0.05, 0) is 50.0 Å². The molecule has 4 heteroatoms. The molecule has 1 atom stereocenters. The molecule has 20 heavy (non-hydrogen) atoms. The molecule has 1 unspecified atom stereocenters. The fraction of sp³-hybridized carbons (Fsp3) is 0.562. The van der Waals surface area contributed by atoms with Crippen molar-refractivity contribution in [2.45, 2.75) is 45.6 Å². The van der Waals surface area contributed by atoms with E-state index in [1.165, 1.54) is 19.3 Å². The second kappa shape index (κ2) is 5.60. The molecule has 0 radical (unpaired) electrons. The molecule has 0 bridgehead atoms. The van der Waals surface area contributed by atoms with Crippen LogP contribution in [-0.2, 0) is 0 Å². The zero-order valence-electron chi connectivity index (χ0n) is 12.2. The molecule has 0 amide bonds. The van der Waals surface area contributed by atoms with Crippen molar-refractivity contribution in [3.05, 3.63) is 23.0 Å². The van der Waals surface area contributed by atoms with Crippen LogP contribution in [0.1, 0.15) is 45.6 Å². The highest BCUT2D eigenvalue weighted by Gasteiger charge is 2.25. The Hall–Kier alpha value is -1.29. The standard InChI is InChI=1S/C16H22N2OS/c1-3-9-19-14-6-4-5-13-15(14)17-16(20)18(13)11(2)10-12-7-8-12/h4-6,11-12H,3,7-10H2,1-2H3,(H,17,20). The van der Waals surface area contributed by atoms with Crippen LogP contribution in [0.25, 0.3) is 11.0 Å². The van der Waals surface area contributed by atoms with E-state index in [9.17, 15) is 0 Å². The van der Waals surface area contributed by atoms with Gasteiger partial charge in [0.05, 0.1) is 12.1 Å². The molecule has 3 nitrogen and oxygen atoms in total. The summed E-state index contributed by atoms with van der Waals surface area (Å²) in [5.41, 5.74) is 2.20. The van der Waals surface area contributed by atoms with Crippen LogP contribution in [-0.4, -0.2) is 16.2 Å². The van der Waals surface area contributed by atoms with Gasteiger partial charge in [0.2, 0.25) is 0 Å². The number of para-hydroxylation sites is 1. The van der Waals surface area contributed by atoms with E-state index >= 15 is 0 Å². The van der Waals surface area contributed by atoms with Crippen LogP contribution in [0.15, 0.2) is 18.2 Å². The number of H-pyrrole nitrogens is 1. The Balaban J connectivity index is 1.99. The summed E-state index contributed by atoms with van der Waals surface area (Å²) in [7, 11) is 0. The highest BCUT2D eigenvalue weighted by Crippen LogP contribution is 2.38. The molecular formula is C16H22N2OS. The Morgan fingerprint density at radius 3 is 2.95 bits per heavy atom. The highest BCUT2D eigenvalue weighted by atomic mass is 32.1. The van der Waals surface area contributed by atoms with E-state index in [-0.39, 0.29) is 0 Å². The maximum Gasteiger partial charge on any atom is 0.178 e. The van der Waals surface area contributed by atoms with Crippen LogP contribution in [0.3, 0.4) is 0 Å². The Morgan fingerprint density at radius 2 is 2.25 bits per heavy atom. The van der Waals surface area contributed by atoms with Gasteiger partial charge >= 0.3 is 0 Å². The minimum absolute atomic E-state index is 0.449. The first-order chi connectivity index (χ1) is 9.70. The predicted octanol–water partition coefficient (Wildman–Crippen LogP) is 4.85. The molecule has 3 rings (SSSR count). The minimum Gasteiger partial charge on any atom is -0.491 e. The maximum absolute atomic E-state index is 5.82. The van der Waals surface area contributed by atoms with Crippen LogP contribution in [0.5, 0.6) is 5.75 Å². The summed E-state index contributed by atoms with van der Waals surface area (Å²) < 4.78 is 8.88. The van der Waals surface area contributed by atoms with Crippen molar-refractivity contribution in [2.24, 2.45) is 5.92 Å². The van der Waals surface area contributed by atoms with Crippen LogP contribution < -0.4 is 4.74 Å². The number of rotatable bonds is 6. The molecule has 1 aliphatic rings. The minimum atomic E-state index is 0.449. The van der Waals surface area contributed by atoms with Crippen LogP contribution >= 0.6 is 12.2 Å². The lowest BCUT2D eigenvalue weighted by molar-refractivity contribution is 0.320. The first kappa shape index (κ1) is 13.7. The van der Waals surface area contributed by atoms with E-state index in [0.717, 1.165) is 40.5 Å². The van der Waals surface area contributed by atoms with Gasteiger partial charge in [0.15, 0.2) is 4.77 Å². The summed E-state index contributed by atoms with van der Waals surface area (Å²) in [5, 5.41) is 0. The second-order valence-electron chi connectivity index (χ2n) is 5.83. The Morgan fingerprint density at radius 1 is 1.45 bits per heavy atom. The second-order valence-corrected chi connectivity index (χ2v) is 6.21. The zero-order valence-corrected chi connectivity index (χ0v) is 13.0. The van der Waals surface area contributed by atoms with E-state index in [2.05, 4.69) is 35.5 Å². The van der Waals surface area contributed by atoms with Gasteiger partial charge in [-0.15, -0.1) is 0 Å². The first-order valence-electron chi connectivity index (χ1n) is 7.56. The van der Waals surface area contributed by atoms with Gasteiger partial charge in [-0.2, -0.15) is 0 Å². The molecule has 1 fully saturated rings. The van der Waals surface area contributed by atoms with E-state index in [0.29, 0.717) is 6.04 Å². The van der Waals surface area contributed by atoms with E-state index in [1.807, 2.05) is 6.07 Å². The quantitative estimate of drug-likeness (QED) is 0.771. The number of hydrogen-bond acceptors (Lipinski definition) is 2. The lowest BCUT2D eigenvalue weighted by atomic mass is 10.1. The molecule has 0 saturated heterocycles. The third kappa shape index (κ3) is 2.62. The Bertz CT molecular complexity index is 654. The van der Waals surface area contributed by atoms with Gasteiger partial charge < -0.3 is 14.3 Å². The zero-order chi connectivity index (χ0) is 14.1. The van der Waals surface area contributed by atoms with Gasteiger partial charge in [-0.1, -0.05) is 25.8 Å². The average Bonchev–Trinajstić information content (AvgIpc) is 3.16. The number of aromatic nitrogens is 2. The molecule has 1 saturated carbocycles. The molecule has 108 valence electrons. The van der Waals surface area contributed by atoms with Crippen molar-refractivity contribution in [3.8, 4) is 5.75 Å². The summed E-state index contributed by atoms with van der Waals surface area (Å²) in [6.07, 6.45) is 4.99. The highest BCUT2D eigenvalue weighted by molar-refractivity contribution is 7.71. The van der Waals surface area contributed by atoms with Gasteiger partial charge in [0.1, 0.15) is 11.3 Å². The summed E-state index contributed by atoms with van der Waals surface area (Å²) >= 11 is 5.53. The number of hydrogen-bond donors (Lipinski definition) is 1. The fourth-order valence-corrected chi connectivity index (χ4v) is 3.21. The molecule has 0 spiro atoms. The first-order valence-corrected chi connectivity index (χ1v) is 7.97. The van der Waals surface area contributed by atoms with Crippen molar-refractivity contribution in [1.29, 1.82) is 0 Å². The monoisotopic (exact) mass is 290 g/mol. The van der Waals surface area contributed by atoms with Crippen LogP contribution in [0.4, 0.5) is 0 Å². The molecule has 1 heterocycles. The van der Waals surface area contributed by atoms with Crippen molar-refractivity contribution in [2.75, 3.05) is 6.61 Å². The van der Waals surface area contributed by atoms with E-state index < -0.39 is 0 Å². The topological polar surface area (TPSA) is 29.9 Å². The van der Waals surface area contributed by atoms with E-state index in [4.69, 9.17) is 17.0 Å². The predicted molar refractivity (Wildman–Crippen MR) is 85.0 cm³/mol. The van der Waals surface area contributed by atoms with E-state index in [1.54, 1.807) is 0 Å².